The molecule has 1 saturated heterocycles. The number of carboxylic acids is 1. The minimum atomic E-state index is -0.820. The highest BCUT2D eigenvalue weighted by Crippen LogP contribution is 2.16. The zero-order chi connectivity index (χ0) is 11.5. The van der Waals surface area contributed by atoms with Crippen LogP contribution in [0.25, 0.3) is 0 Å². The van der Waals surface area contributed by atoms with Gasteiger partial charge in [-0.1, -0.05) is 6.07 Å². The molecule has 1 aliphatic heterocycles. The van der Waals surface area contributed by atoms with Crippen molar-refractivity contribution >= 4 is 27.7 Å². The fourth-order valence-corrected chi connectivity index (χ4v) is 2.03. The predicted molar refractivity (Wildman–Crippen MR) is 63.6 cm³/mol. The van der Waals surface area contributed by atoms with E-state index in [1.54, 1.807) is 0 Å². The highest BCUT2D eigenvalue weighted by molar-refractivity contribution is 9.10. The molecule has 0 unspecified atom stereocenters. The van der Waals surface area contributed by atoms with Gasteiger partial charge < -0.3 is 15.3 Å². The average molecular weight is 286 g/mol. The summed E-state index contributed by atoms with van der Waals surface area (Å²) in [4.78, 5) is 17.2. The van der Waals surface area contributed by atoms with Crippen LogP contribution in [-0.2, 0) is 4.79 Å². The number of hydrogen-bond acceptors (Lipinski definition) is 4. The van der Waals surface area contributed by atoms with Crippen LogP contribution in [-0.4, -0.2) is 41.7 Å². The van der Waals surface area contributed by atoms with E-state index < -0.39 is 12.0 Å². The lowest BCUT2D eigenvalue weighted by Gasteiger charge is -2.32. The van der Waals surface area contributed by atoms with Gasteiger partial charge in [0.2, 0.25) is 0 Å². The van der Waals surface area contributed by atoms with Gasteiger partial charge in [0, 0.05) is 19.6 Å². The van der Waals surface area contributed by atoms with Crippen LogP contribution in [0.15, 0.2) is 22.8 Å². The summed E-state index contributed by atoms with van der Waals surface area (Å²) in [6.07, 6.45) is 0. The van der Waals surface area contributed by atoms with Gasteiger partial charge in [0.25, 0.3) is 0 Å². The number of aromatic nitrogens is 1. The van der Waals surface area contributed by atoms with Gasteiger partial charge in [-0.2, -0.15) is 0 Å². The molecule has 0 bridgehead atoms. The Bertz CT molecular complexity index is 399. The van der Waals surface area contributed by atoms with Crippen LogP contribution in [0, 0.1) is 0 Å². The SMILES string of the molecule is O=C(O)[C@@H]1CN(c2cccc(Br)n2)CCN1. The van der Waals surface area contributed by atoms with Crippen LogP contribution in [0.1, 0.15) is 0 Å². The van der Waals surface area contributed by atoms with Gasteiger partial charge in [-0.05, 0) is 28.1 Å². The maximum absolute atomic E-state index is 10.9. The number of aliphatic carboxylic acids is 1. The molecule has 16 heavy (non-hydrogen) atoms. The molecule has 2 rings (SSSR count). The molecule has 86 valence electrons. The number of carboxylic acid groups (broad SMARTS) is 1. The quantitative estimate of drug-likeness (QED) is 0.784. The van der Waals surface area contributed by atoms with Crippen LogP contribution in [0.3, 0.4) is 0 Å². The van der Waals surface area contributed by atoms with E-state index >= 15 is 0 Å². The summed E-state index contributed by atoms with van der Waals surface area (Å²) in [5.41, 5.74) is 0. The summed E-state index contributed by atoms with van der Waals surface area (Å²) in [6.45, 7) is 1.87. The Kier molecular flexibility index (Phi) is 3.40. The normalized spacial score (nSPS) is 20.8. The van der Waals surface area contributed by atoms with E-state index in [0.717, 1.165) is 17.0 Å². The Balaban J connectivity index is 2.12. The molecule has 1 atom stereocenters. The van der Waals surface area contributed by atoms with Crippen LogP contribution in [0.4, 0.5) is 5.82 Å². The van der Waals surface area contributed by atoms with Gasteiger partial charge in [-0.3, -0.25) is 4.79 Å². The number of nitrogens with one attached hydrogen (secondary N) is 1. The van der Waals surface area contributed by atoms with Gasteiger partial charge in [0.1, 0.15) is 16.5 Å². The Morgan fingerprint density at radius 1 is 1.62 bits per heavy atom. The van der Waals surface area contributed by atoms with Gasteiger partial charge in [0.15, 0.2) is 0 Å². The maximum atomic E-state index is 10.9. The van der Waals surface area contributed by atoms with Crippen molar-refractivity contribution < 1.29 is 9.90 Å². The highest BCUT2D eigenvalue weighted by Gasteiger charge is 2.25. The standard InChI is InChI=1S/C10H12BrN3O2/c11-8-2-1-3-9(13-8)14-5-4-12-7(6-14)10(15)16/h1-3,7,12H,4-6H2,(H,15,16)/t7-/m0/s1. The molecular weight excluding hydrogens is 274 g/mol. The van der Waals surface area contributed by atoms with Gasteiger partial charge in [0.05, 0.1) is 0 Å². The topological polar surface area (TPSA) is 65.5 Å². The number of hydrogen-bond donors (Lipinski definition) is 2. The van der Waals surface area contributed by atoms with Gasteiger partial charge in [-0.15, -0.1) is 0 Å². The van der Waals surface area contributed by atoms with E-state index in [9.17, 15) is 4.79 Å². The first-order chi connectivity index (χ1) is 7.66. The van der Waals surface area contributed by atoms with E-state index in [2.05, 4.69) is 26.2 Å². The van der Waals surface area contributed by atoms with E-state index in [-0.39, 0.29) is 0 Å². The van der Waals surface area contributed by atoms with Crippen LogP contribution < -0.4 is 10.2 Å². The summed E-state index contributed by atoms with van der Waals surface area (Å²) in [5.74, 6) is -0.0122. The Hall–Kier alpha value is -1.14. The lowest BCUT2D eigenvalue weighted by Crippen LogP contribution is -2.54. The lowest BCUT2D eigenvalue weighted by molar-refractivity contribution is -0.139. The number of rotatable bonds is 2. The molecular formula is C10H12BrN3O2. The molecule has 0 saturated carbocycles. The van der Waals surface area contributed by atoms with Crippen molar-refractivity contribution in [2.45, 2.75) is 6.04 Å². The zero-order valence-corrected chi connectivity index (χ0v) is 10.1. The summed E-state index contributed by atoms with van der Waals surface area (Å²) < 4.78 is 0.760. The van der Waals surface area contributed by atoms with E-state index in [1.807, 2.05) is 23.1 Å². The van der Waals surface area contributed by atoms with Crippen LogP contribution in [0.2, 0.25) is 0 Å². The van der Waals surface area contributed by atoms with Crippen molar-refractivity contribution in [3.63, 3.8) is 0 Å². The van der Waals surface area contributed by atoms with E-state index in [4.69, 9.17) is 5.11 Å². The number of pyridine rings is 1. The lowest BCUT2D eigenvalue weighted by atomic mass is 10.2. The molecule has 5 nitrogen and oxygen atoms in total. The van der Waals surface area contributed by atoms with Crippen molar-refractivity contribution in [3.8, 4) is 0 Å². The first-order valence-corrected chi connectivity index (χ1v) is 5.80. The van der Waals surface area contributed by atoms with Crippen LogP contribution in [0.5, 0.6) is 0 Å². The molecule has 0 spiro atoms. The van der Waals surface area contributed by atoms with Gasteiger partial charge in [-0.25, -0.2) is 4.98 Å². The molecule has 0 aliphatic carbocycles. The fourth-order valence-electron chi connectivity index (χ4n) is 1.70. The molecule has 2 heterocycles. The molecule has 0 aromatic carbocycles. The smallest absolute Gasteiger partial charge is 0.322 e. The highest BCUT2D eigenvalue weighted by atomic mass is 79.9. The molecule has 1 aromatic heterocycles. The largest absolute Gasteiger partial charge is 0.480 e. The monoisotopic (exact) mass is 285 g/mol. The number of anilines is 1. The van der Waals surface area contributed by atoms with Crippen molar-refractivity contribution in [1.82, 2.24) is 10.3 Å². The Labute approximate surface area is 102 Å². The van der Waals surface area contributed by atoms with E-state index in [1.165, 1.54) is 0 Å². The first-order valence-electron chi connectivity index (χ1n) is 5.00. The second kappa shape index (κ2) is 4.80. The first kappa shape index (κ1) is 11.3. The number of carbonyl (C=O) groups is 1. The van der Waals surface area contributed by atoms with Gasteiger partial charge >= 0.3 is 5.97 Å². The molecule has 1 fully saturated rings. The summed E-state index contributed by atoms with van der Waals surface area (Å²) >= 11 is 3.30. The predicted octanol–water partition coefficient (Wildman–Crippen LogP) is 0.707. The third-order valence-corrected chi connectivity index (χ3v) is 2.94. The zero-order valence-electron chi connectivity index (χ0n) is 8.56. The average Bonchev–Trinajstić information content (AvgIpc) is 2.29. The second-order valence-corrected chi connectivity index (χ2v) is 4.42. The summed E-state index contributed by atoms with van der Waals surface area (Å²) in [7, 11) is 0. The maximum Gasteiger partial charge on any atom is 0.322 e. The van der Waals surface area contributed by atoms with Crippen LogP contribution >= 0.6 is 15.9 Å². The number of nitrogens with zero attached hydrogens (tertiary/aromatic N) is 2. The minimum Gasteiger partial charge on any atom is -0.480 e. The van der Waals surface area contributed by atoms with Crippen molar-refractivity contribution in [2.24, 2.45) is 0 Å². The third kappa shape index (κ3) is 2.51. The van der Waals surface area contributed by atoms with E-state index in [0.29, 0.717) is 13.1 Å². The molecule has 0 radical (unpaired) electrons. The molecule has 1 aliphatic rings. The Morgan fingerprint density at radius 3 is 3.12 bits per heavy atom. The molecule has 6 heteroatoms. The van der Waals surface area contributed by atoms with Crippen molar-refractivity contribution in [2.75, 3.05) is 24.5 Å². The molecule has 1 aromatic rings. The van der Waals surface area contributed by atoms with Crippen molar-refractivity contribution in [1.29, 1.82) is 0 Å². The summed E-state index contributed by atoms with van der Waals surface area (Å²) in [6, 6.07) is 5.11. The molecule has 0 amide bonds. The number of halogens is 1. The fraction of sp³-hybridized carbons (Fsp3) is 0.400. The van der Waals surface area contributed by atoms with Crippen molar-refractivity contribution in [3.05, 3.63) is 22.8 Å². The molecule has 2 N–H and O–H groups in total. The third-order valence-electron chi connectivity index (χ3n) is 2.50. The Morgan fingerprint density at radius 2 is 2.44 bits per heavy atom. The minimum absolute atomic E-state index is 0.443. The second-order valence-electron chi connectivity index (χ2n) is 3.61. The summed E-state index contributed by atoms with van der Waals surface area (Å²) in [5, 5.41) is 11.9. The number of piperazine rings is 1.